The van der Waals surface area contributed by atoms with Crippen LogP contribution >= 0.6 is 0 Å². The second-order valence-electron chi connectivity index (χ2n) is 5.86. The van der Waals surface area contributed by atoms with Gasteiger partial charge in [-0.25, -0.2) is 0 Å². The van der Waals surface area contributed by atoms with Gasteiger partial charge in [-0.3, -0.25) is 4.90 Å². The second kappa shape index (κ2) is 6.95. The molecule has 3 nitrogen and oxygen atoms in total. The van der Waals surface area contributed by atoms with Gasteiger partial charge in [-0.05, 0) is 41.8 Å². The van der Waals surface area contributed by atoms with Crippen LogP contribution in [0.15, 0.2) is 48.5 Å². The smallest absolute Gasteiger partial charge is 0.120 e. The monoisotopic (exact) mass is 296 g/mol. The molecule has 2 N–H and O–H groups in total. The minimum Gasteiger partial charge on any atom is -0.489 e. The van der Waals surface area contributed by atoms with Crippen molar-refractivity contribution in [3.63, 3.8) is 0 Å². The van der Waals surface area contributed by atoms with Gasteiger partial charge in [0.1, 0.15) is 12.4 Å². The molecule has 1 atom stereocenters. The summed E-state index contributed by atoms with van der Waals surface area (Å²) in [7, 11) is 0. The summed E-state index contributed by atoms with van der Waals surface area (Å²) >= 11 is 0. The van der Waals surface area contributed by atoms with Gasteiger partial charge in [0.2, 0.25) is 0 Å². The average molecular weight is 296 g/mol. The first-order chi connectivity index (χ1) is 10.8. The highest BCUT2D eigenvalue weighted by atomic mass is 16.5. The van der Waals surface area contributed by atoms with Crippen LogP contribution < -0.4 is 10.5 Å². The predicted octanol–water partition coefficient (Wildman–Crippen LogP) is 3.49. The number of rotatable bonds is 6. The summed E-state index contributed by atoms with van der Waals surface area (Å²) in [4.78, 5) is 2.46. The molecule has 1 aliphatic heterocycles. The highest BCUT2D eigenvalue weighted by Crippen LogP contribution is 2.35. The Labute approximate surface area is 132 Å². The summed E-state index contributed by atoms with van der Waals surface area (Å²) in [5.41, 5.74) is 9.91. The molecule has 116 valence electrons. The summed E-state index contributed by atoms with van der Waals surface area (Å²) in [5, 5.41) is 0. The number of nitrogens with two attached hydrogens (primary N) is 1. The van der Waals surface area contributed by atoms with Crippen molar-refractivity contribution in [2.75, 3.05) is 13.1 Å². The van der Waals surface area contributed by atoms with E-state index >= 15 is 0 Å². The van der Waals surface area contributed by atoms with Crippen molar-refractivity contribution in [1.82, 2.24) is 4.90 Å². The first kappa shape index (κ1) is 15.1. The fraction of sp³-hybridized carbons (Fsp3) is 0.368. The molecule has 0 aliphatic carbocycles. The van der Waals surface area contributed by atoms with Crippen LogP contribution in [0.5, 0.6) is 5.75 Å². The molecule has 0 saturated heterocycles. The highest BCUT2D eigenvalue weighted by molar-refractivity contribution is 5.41. The van der Waals surface area contributed by atoms with Crippen molar-refractivity contribution < 1.29 is 4.74 Å². The van der Waals surface area contributed by atoms with Crippen LogP contribution in [0.2, 0.25) is 0 Å². The normalized spacial score (nSPS) is 17.5. The van der Waals surface area contributed by atoms with E-state index in [2.05, 4.69) is 42.2 Å². The van der Waals surface area contributed by atoms with Crippen molar-refractivity contribution in [3.05, 3.63) is 65.2 Å². The molecule has 3 rings (SSSR count). The average Bonchev–Trinajstić information content (AvgIpc) is 2.90. The molecule has 0 fully saturated rings. The Hall–Kier alpha value is -1.84. The van der Waals surface area contributed by atoms with E-state index in [0.717, 1.165) is 25.3 Å². The van der Waals surface area contributed by atoms with Crippen LogP contribution in [0.4, 0.5) is 0 Å². The second-order valence-corrected chi connectivity index (χ2v) is 5.86. The zero-order chi connectivity index (χ0) is 15.4. The Morgan fingerprint density at radius 1 is 1.18 bits per heavy atom. The van der Waals surface area contributed by atoms with Gasteiger partial charge in [0, 0.05) is 19.1 Å². The van der Waals surface area contributed by atoms with Gasteiger partial charge in [-0.15, -0.1) is 0 Å². The summed E-state index contributed by atoms with van der Waals surface area (Å²) < 4.78 is 5.95. The molecule has 2 aromatic rings. The van der Waals surface area contributed by atoms with Gasteiger partial charge in [-0.1, -0.05) is 43.3 Å². The van der Waals surface area contributed by atoms with Crippen LogP contribution in [0.25, 0.3) is 0 Å². The number of benzene rings is 2. The van der Waals surface area contributed by atoms with Crippen molar-refractivity contribution in [1.29, 1.82) is 0 Å². The molecular formula is C19H24N2O. The number of fused-ring (bicyclic) bond motifs is 1. The molecule has 2 aromatic carbocycles. The fourth-order valence-electron chi connectivity index (χ4n) is 3.18. The topological polar surface area (TPSA) is 38.5 Å². The van der Waals surface area contributed by atoms with Gasteiger partial charge in [0.15, 0.2) is 0 Å². The molecule has 0 bridgehead atoms. The quantitative estimate of drug-likeness (QED) is 0.887. The number of hydrogen-bond acceptors (Lipinski definition) is 3. The van der Waals surface area contributed by atoms with E-state index in [4.69, 9.17) is 10.5 Å². The van der Waals surface area contributed by atoms with Gasteiger partial charge in [-0.2, -0.15) is 0 Å². The van der Waals surface area contributed by atoms with Gasteiger partial charge in [0.25, 0.3) is 0 Å². The highest BCUT2D eigenvalue weighted by Gasteiger charge is 2.28. The van der Waals surface area contributed by atoms with E-state index in [0.29, 0.717) is 19.2 Å². The van der Waals surface area contributed by atoms with E-state index < -0.39 is 0 Å². The molecule has 22 heavy (non-hydrogen) atoms. The SMILES string of the molecule is CCCN1Cc2ccc(OCc3ccccc3)cc2C1CN. The standard InChI is InChI=1S/C19H24N2O/c1-2-10-21-13-16-8-9-17(11-18(16)19(21)12-20)22-14-15-6-4-3-5-7-15/h3-9,11,19H,2,10,12-14,20H2,1H3. The Bertz CT molecular complexity index is 612. The molecule has 0 radical (unpaired) electrons. The van der Waals surface area contributed by atoms with E-state index in [9.17, 15) is 0 Å². The molecular weight excluding hydrogens is 272 g/mol. The number of ether oxygens (including phenoxy) is 1. The lowest BCUT2D eigenvalue weighted by Gasteiger charge is -2.23. The summed E-state index contributed by atoms with van der Waals surface area (Å²) in [6.07, 6.45) is 1.15. The maximum atomic E-state index is 6.00. The fourth-order valence-corrected chi connectivity index (χ4v) is 3.18. The van der Waals surface area contributed by atoms with Crippen LogP contribution in [0, 0.1) is 0 Å². The van der Waals surface area contributed by atoms with E-state index in [1.54, 1.807) is 0 Å². The zero-order valence-corrected chi connectivity index (χ0v) is 13.2. The molecule has 1 aliphatic rings. The molecule has 1 heterocycles. The van der Waals surface area contributed by atoms with E-state index in [1.165, 1.54) is 16.7 Å². The van der Waals surface area contributed by atoms with Crippen molar-refractivity contribution in [2.24, 2.45) is 5.73 Å². The number of hydrogen-bond donors (Lipinski definition) is 1. The van der Waals surface area contributed by atoms with E-state index in [-0.39, 0.29) is 0 Å². The van der Waals surface area contributed by atoms with Crippen LogP contribution in [0.1, 0.15) is 36.1 Å². The first-order valence-electron chi connectivity index (χ1n) is 8.05. The molecule has 3 heteroatoms. The summed E-state index contributed by atoms with van der Waals surface area (Å²) in [5.74, 6) is 0.930. The predicted molar refractivity (Wildman–Crippen MR) is 89.7 cm³/mol. The number of nitrogens with zero attached hydrogens (tertiary/aromatic N) is 1. The maximum absolute atomic E-state index is 6.00. The summed E-state index contributed by atoms with van der Waals surface area (Å²) in [6, 6.07) is 17.0. The zero-order valence-electron chi connectivity index (χ0n) is 13.2. The third-order valence-electron chi connectivity index (χ3n) is 4.27. The van der Waals surface area contributed by atoms with Gasteiger partial charge in [0.05, 0.1) is 0 Å². The maximum Gasteiger partial charge on any atom is 0.120 e. The third kappa shape index (κ3) is 3.16. The van der Waals surface area contributed by atoms with Crippen LogP contribution in [-0.2, 0) is 13.2 Å². The third-order valence-corrected chi connectivity index (χ3v) is 4.27. The minimum atomic E-state index is 0.329. The molecule has 0 aromatic heterocycles. The van der Waals surface area contributed by atoms with Gasteiger partial charge < -0.3 is 10.5 Å². The van der Waals surface area contributed by atoms with Crippen molar-refractivity contribution >= 4 is 0 Å². The van der Waals surface area contributed by atoms with E-state index in [1.807, 2.05) is 18.2 Å². The van der Waals surface area contributed by atoms with Crippen LogP contribution in [-0.4, -0.2) is 18.0 Å². The Morgan fingerprint density at radius 3 is 2.73 bits per heavy atom. The molecule has 0 saturated carbocycles. The first-order valence-corrected chi connectivity index (χ1v) is 8.05. The molecule has 0 amide bonds. The largest absolute Gasteiger partial charge is 0.489 e. The Kier molecular flexibility index (Phi) is 4.76. The van der Waals surface area contributed by atoms with Crippen LogP contribution in [0.3, 0.4) is 0 Å². The summed E-state index contributed by atoms with van der Waals surface area (Å²) in [6.45, 7) is 5.58. The van der Waals surface area contributed by atoms with Gasteiger partial charge >= 0.3 is 0 Å². The molecule has 0 spiro atoms. The van der Waals surface area contributed by atoms with Crippen molar-refractivity contribution in [2.45, 2.75) is 32.5 Å². The lowest BCUT2D eigenvalue weighted by atomic mass is 10.0. The lowest BCUT2D eigenvalue weighted by molar-refractivity contribution is 0.220. The lowest BCUT2D eigenvalue weighted by Crippen LogP contribution is -2.28. The minimum absolute atomic E-state index is 0.329. The Morgan fingerprint density at radius 2 is 2.00 bits per heavy atom. The molecule has 1 unspecified atom stereocenters. The Balaban J connectivity index is 1.73. The van der Waals surface area contributed by atoms with Crippen molar-refractivity contribution in [3.8, 4) is 5.75 Å².